The highest BCUT2D eigenvalue weighted by atomic mass is 35.5. The summed E-state index contributed by atoms with van der Waals surface area (Å²) in [6.07, 6.45) is 3.71. The number of carbonyl (C=O) groups is 2. The van der Waals surface area contributed by atoms with Crippen LogP contribution in [-0.4, -0.2) is 39.4 Å². The summed E-state index contributed by atoms with van der Waals surface area (Å²) in [5.41, 5.74) is 2.72. The number of carbonyl (C=O) groups excluding carboxylic acids is 2. The van der Waals surface area contributed by atoms with Gasteiger partial charge in [0.15, 0.2) is 0 Å². The van der Waals surface area contributed by atoms with Gasteiger partial charge in [-0.3, -0.25) is 4.79 Å². The minimum absolute atomic E-state index is 0.0106. The molecule has 0 fully saturated rings. The summed E-state index contributed by atoms with van der Waals surface area (Å²) in [5.74, 6) is -0.0950. The second-order valence-corrected chi connectivity index (χ2v) is 8.49. The maximum Gasteiger partial charge on any atom is 0.322 e. The maximum absolute atomic E-state index is 13.4. The number of urea groups is 1. The highest BCUT2D eigenvalue weighted by Crippen LogP contribution is 2.15. The summed E-state index contributed by atoms with van der Waals surface area (Å²) < 4.78 is 2.01. The number of unbranched alkanes of at least 4 members (excludes halogenated alkanes) is 1. The number of aromatic nitrogens is 1. The average Bonchev–Trinajstić information content (AvgIpc) is 3.22. The first-order valence-electron chi connectivity index (χ1n) is 11.2. The molecule has 0 unspecified atom stereocenters. The number of anilines is 1. The van der Waals surface area contributed by atoms with Crippen LogP contribution in [0.25, 0.3) is 0 Å². The Bertz CT molecular complexity index is 1030. The van der Waals surface area contributed by atoms with E-state index < -0.39 is 0 Å². The first-order valence-corrected chi connectivity index (χ1v) is 11.6. The summed E-state index contributed by atoms with van der Waals surface area (Å²) >= 11 is 5.94. The Balaban J connectivity index is 1.75. The zero-order valence-corrected chi connectivity index (χ0v) is 20.0. The van der Waals surface area contributed by atoms with E-state index in [1.165, 1.54) is 0 Å². The van der Waals surface area contributed by atoms with Crippen molar-refractivity contribution >= 4 is 29.2 Å². The number of rotatable bonds is 10. The van der Waals surface area contributed by atoms with Gasteiger partial charge in [0.25, 0.3) is 0 Å². The Morgan fingerprint density at radius 2 is 1.67 bits per heavy atom. The molecule has 0 aliphatic carbocycles. The summed E-state index contributed by atoms with van der Waals surface area (Å²) in [6.45, 7) is 3.53. The summed E-state index contributed by atoms with van der Waals surface area (Å²) in [6, 6.07) is 20.5. The van der Waals surface area contributed by atoms with Crippen LogP contribution < -0.4 is 5.32 Å². The minimum atomic E-state index is -0.294. The molecule has 0 spiro atoms. The van der Waals surface area contributed by atoms with Gasteiger partial charge in [0.1, 0.15) is 6.54 Å². The molecule has 0 aliphatic rings. The zero-order valence-electron chi connectivity index (χ0n) is 19.2. The number of nitrogens with zero attached hydrogens (tertiary/aromatic N) is 3. The lowest BCUT2D eigenvalue weighted by molar-refractivity contribution is -0.133. The van der Waals surface area contributed by atoms with Crippen LogP contribution in [0.5, 0.6) is 0 Å². The molecule has 0 saturated heterocycles. The van der Waals surface area contributed by atoms with Crippen molar-refractivity contribution in [2.75, 3.05) is 18.4 Å². The predicted molar refractivity (Wildman–Crippen MR) is 133 cm³/mol. The third-order valence-corrected chi connectivity index (χ3v) is 5.72. The van der Waals surface area contributed by atoms with Gasteiger partial charge in [-0.1, -0.05) is 55.3 Å². The Kier molecular flexibility index (Phi) is 8.95. The monoisotopic (exact) mass is 466 g/mol. The zero-order chi connectivity index (χ0) is 23.6. The first-order chi connectivity index (χ1) is 16.0. The van der Waals surface area contributed by atoms with Gasteiger partial charge in [-0.2, -0.15) is 0 Å². The van der Waals surface area contributed by atoms with Crippen molar-refractivity contribution in [3.63, 3.8) is 0 Å². The van der Waals surface area contributed by atoms with Crippen LogP contribution in [0.1, 0.15) is 31.0 Å². The third-order valence-electron chi connectivity index (χ3n) is 5.46. The van der Waals surface area contributed by atoms with E-state index in [-0.39, 0.29) is 18.5 Å². The molecule has 1 aromatic heterocycles. The molecule has 3 rings (SSSR count). The van der Waals surface area contributed by atoms with Gasteiger partial charge >= 0.3 is 6.03 Å². The van der Waals surface area contributed by atoms with Gasteiger partial charge in [0, 0.05) is 42.7 Å². The SMILES string of the molecule is CCCCN(CC(=O)N(Cc1ccccc1)Cc1cccn1C)C(=O)Nc1ccc(Cl)cc1. The fourth-order valence-corrected chi connectivity index (χ4v) is 3.62. The van der Waals surface area contributed by atoms with E-state index in [2.05, 4.69) is 12.2 Å². The molecule has 1 N–H and O–H groups in total. The van der Waals surface area contributed by atoms with Gasteiger partial charge in [0.05, 0.1) is 6.54 Å². The topological polar surface area (TPSA) is 57.6 Å². The van der Waals surface area contributed by atoms with E-state index in [1.54, 1.807) is 34.1 Å². The molecule has 3 amide bonds. The van der Waals surface area contributed by atoms with E-state index in [0.29, 0.717) is 30.3 Å². The van der Waals surface area contributed by atoms with E-state index in [9.17, 15) is 9.59 Å². The van der Waals surface area contributed by atoms with E-state index in [4.69, 9.17) is 11.6 Å². The van der Waals surface area contributed by atoms with Crippen LogP contribution in [0.15, 0.2) is 72.9 Å². The molecule has 3 aromatic rings. The van der Waals surface area contributed by atoms with E-state index in [0.717, 1.165) is 24.1 Å². The van der Waals surface area contributed by atoms with Crippen molar-refractivity contribution in [1.29, 1.82) is 0 Å². The number of aryl methyl sites for hydroxylation is 1. The van der Waals surface area contributed by atoms with Crippen molar-refractivity contribution < 1.29 is 9.59 Å². The smallest absolute Gasteiger partial charge is 0.322 e. The van der Waals surface area contributed by atoms with Crippen molar-refractivity contribution in [2.24, 2.45) is 7.05 Å². The molecule has 0 aliphatic heterocycles. The Hall–Kier alpha value is -3.25. The lowest BCUT2D eigenvalue weighted by Gasteiger charge is -2.28. The van der Waals surface area contributed by atoms with E-state index in [1.807, 2.05) is 60.3 Å². The normalized spacial score (nSPS) is 10.6. The van der Waals surface area contributed by atoms with Gasteiger partial charge in [0.2, 0.25) is 5.91 Å². The van der Waals surface area contributed by atoms with Crippen LogP contribution >= 0.6 is 11.6 Å². The molecule has 33 heavy (non-hydrogen) atoms. The third kappa shape index (κ3) is 7.39. The second kappa shape index (κ2) is 12.1. The lowest BCUT2D eigenvalue weighted by Crippen LogP contribution is -2.44. The fraction of sp³-hybridized carbons (Fsp3) is 0.308. The molecule has 0 saturated carbocycles. The summed E-state index contributed by atoms with van der Waals surface area (Å²) in [7, 11) is 1.97. The number of hydrogen-bond donors (Lipinski definition) is 1. The van der Waals surface area contributed by atoms with Gasteiger partial charge in [-0.05, 0) is 48.4 Å². The molecule has 6 nitrogen and oxygen atoms in total. The Labute approximate surface area is 200 Å². The Morgan fingerprint density at radius 3 is 2.30 bits per heavy atom. The van der Waals surface area contributed by atoms with Gasteiger partial charge < -0.3 is 19.7 Å². The minimum Gasteiger partial charge on any atom is -0.353 e. The van der Waals surface area contributed by atoms with Gasteiger partial charge in [-0.25, -0.2) is 4.79 Å². The average molecular weight is 467 g/mol. The highest BCUT2D eigenvalue weighted by molar-refractivity contribution is 6.30. The van der Waals surface area contributed by atoms with Crippen molar-refractivity contribution in [3.05, 3.63) is 89.2 Å². The standard InChI is InChI=1S/C26H31ClN4O2/c1-3-4-17-30(26(33)28-23-14-12-22(27)13-15-23)20-25(32)31(18-21-9-6-5-7-10-21)19-24-11-8-16-29(24)2/h5-16H,3-4,17-20H2,1-2H3,(H,28,33). The largest absolute Gasteiger partial charge is 0.353 e. The van der Waals surface area contributed by atoms with Crippen molar-refractivity contribution in [1.82, 2.24) is 14.4 Å². The van der Waals surface area contributed by atoms with Crippen LogP contribution in [0.2, 0.25) is 5.02 Å². The van der Waals surface area contributed by atoms with Crippen LogP contribution in [0, 0.1) is 0 Å². The summed E-state index contributed by atoms with van der Waals surface area (Å²) in [5, 5.41) is 3.48. The molecule has 0 bridgehead atoms. The number of nitrogens with one attached hydrogen (secondary N) is 1. The number of halogens is 1. The van der Waals surface area contributed by atoms with Crippen molar-refractivity contribution in [2.45, 2.75) is 32.9 Å². The molecule has 174 valence electrons. The molecule has 0 radical (unpaired) electrons. The molecular weight excluding hydrogens is 436 g/mol. The fourth-order valence-electron chi connectivity index (χ4n) is 3.49. The number of amides is 3. The number of benzene rings is 2. The molecular formula is C26H31ClN4O2. The van der Waals surface area contributed by atoms with Crippen LogP contribution in [-0.2, 0) is 24.9 Å². The molecule has 1 heterocycles. The van der Waals surface area contributed by atoms with Crippen molar-refractivity contribution in [3.8, 4) is 0 Å². The van der Waals surface area contributed by atoms with Gasteiger partial charge in [-0.15, -0.1) is 0 Å². The quantitative estimate of drug-likeness (QED) is 0.426. The number of hydrogen-bond acceptors (Lipinski definition) is 2. The predicted octanol–water partition coefficient (Wildman–Crippen LogP) is 5.54. The van der Waals surface area contributed by atoms with E-state index >= 15 is 0 Å². The molecule has 7 heteroatoms. The molecule has 0 atom stereocenters. The Morgan fingerprint density at radius 1 is 0.939 bits per heavy atom. The van der Waals surface area contributed by atoms with Crippen LogP contribution in [0.3, 0.4) is 0 Å². The first kappa shape index (κ1) is 24.4. The highest BCUT2D eigenvalue weighted by Gasteiger charge is 2.22. The molecule has 2 aromatic carbocycles. The second-order valence-electron chi connectivity index (χ2n) is 8.06. The summed E-state index contributed by atoms with van der Waals surface area (Å²) in [4.78, 5) is 29.8. The lowest BCUT2D eigenvalue weighted by atomic mass is 10.2. The van der Waals surface area contributed by atoms with Crippen LogP contribution in [0.4, 0.5) is 10.5 Å². The maximum atomic E-state index is 13.4.